The molecular weight excluding hydrogens is 414 g/mol. The van der Waals surface area contributed by atoms with Gasteiger partial charge in [-0.15, -0.1) is 11.3 Å². The zero-order valence-electron chi connectivity index (χ0n) is 18.9. The highest BCUT2D eigenvalue weighted by molar-refractivity contribution is 7.16. The molecule has 32 heavy (non-hydrogen) atoms. The van der Waals surface area contributed by atoms with E-state index in [2.05, 4.69) is 69.4 Å². The molecule has 5 heteroatoms. The minimum atomic E-state index is 0.110. The van der Waals surface area contributed by atoms with E-state index in [0.29, 0.717) is 13.1 Å². The van der Waals surface area contributed by atoms with E-state index in [-0.39, 0.29) is 5.91 Å². The largest absolute Gasteiger partial charge is 0.332 e. The van der Waals surface area contributed by atoms with Crippen molar-refractivity contribution in [1.29, 1.82) is 0 Å². The lowest BCUT2D eigenvalue weighted by Crippen LogP contribution is -2.37. The first kappa shape index (κ1) is 22.3. The summed E-state index contributed by atoms with van der Waals surface area (Å²) in [7, 11) is 4.10. The van der Waals surface area contributed by atoms with Crippen LogP contribution in [0.2, 0.25) is 0 Å². The Bertz CT molecular complexity index is 1130. The molecule has 0 saturated carbocycles. The average Bonchev–Trinajstić information content (AvgIpc) is 3.40. The molecule has 0 bridgehead atoms. The van der Waals surface area contributed by atoms with Crippen LogP contribution in [0.15, 0.2) is 78.2 Å². The number of carbonyl (C=O) groups excluding carboxylic acids is 1. The minimum Gasteiger partial charge on any atom is -0.332 e. The van der Waals surface area contributed by atoms with Gasteiger partial charge in [-0.2, -0.15) is 0 Å². The fraction of sp³-hybridized carbons (Fsp3) is 0.296. The van der Waals surface area contributed by atoms with Crippen molar-refractivity contribution in [3.8, 4) is 0 Å². The highest BCUT2D eigenvalue weighted by Gasteiger charge is 2.22. The molecule has 0 aliphatic heterocycles. The molecule has 0 saturated heterocycles. The quantitative estimate of drug-likeness (QED) is 0.321. The number of carbonyl (C=O) groups is 1. The summed E-state index contributed by atoms with van der Waals surface area (Å²) in [4.78, 5) is 19.1. The summed E-state index contributed by atoms with van der Waals surface area (Å²) >= 11 is 1.72. The van der Waals surface area contributed by atoms with E-state index in [0.717, 1.165) is 42.6 Å². The molecule has 4 nitrogen and oxygen atoms in total. The number of amides is 1. The predicted molar refractivity (Wildman–Crippen MR) is 134 cm³/mol. The lowest BCUT2D eigenvalue weighted by Gasteiger charge is -2.25. The highest BCUT2D eigenvalue weighted by Crippen LogP contribution is 2.27. The molecule has 2 heterocycles. The number of aryl methyl sites for hydroxylation is 2. The molecule has 0 unspecified atom stereocenters. The van der Waals surface area contributed by atoms with Crippen molar-refractivity contribution >= 4 is 27.5 Å². The van der Waals surface area contributed by atoms with Gasteiger partial charge in [0.05, 0.1) is 0 Å². The molecule has 0 radical (unpaired) electrons. The van der Waals surface area contributed by atoms with Gasteiger partial charge in [-0.3, -0.25) is 4.79 Å². The molecule has 0 aliphatic rings. The molecule has 0 spiro atoms. The first-order valence-electron chi connectivity index (χ1n) is 11.2. The molecule has 4 aromatic rings. The molecule has 0 atom stereocenters. The first-order chi connectivity index (χ1) is 15.6. The van der Waals surface area contributed by atoms with Gasteiger partial charge in [0.1, 0.15) is 10.5 Å². The van der Waals surface area contributed by atoms with E-state index in [1.807, 2.05) is 37.2 Å². The van der Waals surface area contributed by atoms with E-state index in [9.17, 15) is 4.79 Å². The smallest absolute Gasteiger partial charge is 0.270 e. The van der Waals surface area contributed by atoms with Crippen molar-refractivity contribution in [3.05, 3.63) is 95.0 Å². The second-order valence-corrected chi connectivity index (χ2v) is 9.36. The maximum absolute atomic E-state index is 13.8. The van der Waals surface area contributed by atoms with Gasteiger partial charge in [-0.05, 0) is 55.6 Å². The van der Waals surface area contributed by atoms with Crippen LogP contribution in [0.1, 0.15) is 28.0 Å². The predicted octanol–water partition coefficient (Wildman–Crippen LogP) is 5.54. The van der Waals surface area contributed by atoms with E-state index in [4.69, 9.17) is 0 Å². The Morgan fingerprint density at radius 2 is 1.59 bits per heavy atom. The standard InChI is InChI=1S/C27H31N3OS/c1-28(2)17-18-29(21-23-12-7-4-8-13-23)26(31)25-20-24-15-19-32-27(24)30(25)16-9-14-22-10-5-3-6-11-22/h3-8,10-13,15,19-20H,9,14,16-18,21H2,1-2H3. The van der Waals surface area contributed by atoms with Crippen LogP contribution in [0, 0.1) is 0 Å². The number of fused-ring (bicyclic) bond motifs is 1. The van der Waals surface area contributed by atoms with E-state index in [1.165, 1.54) is 10.4 Å². The Morgan fingerprint density at radius 3 is 2.28 bits per heavy atom. The van der Waals surface area contributed by atoms with Crippen LogP contribution in [0.25, 0.3) is 10.2 Å². The molecule has 0 aliphatic carbocycles. The number of hydrogen-bond acceptors (Lipinski definition) is 3. The number of benzene rings is 2. The maximum Gasteiger partial charge on any atom is 0.270 e. The summed E-state index contributed by atoms with van der Waals surface area (Å²) in [5.74, 6) is 0.110. The Hall–Kier alpha value is -2.89. The number of nitrogens with zero attached hydrogens (tertiary/aromatic N) is 3. The number of thiophene rings is 1. The molecule has 4 rings (SSSR count). The monoisotopic (exact) mass is 445 g/mol. The van der Waals surface area contributed by atoms with Crippen LogP contribution in [-0.4, -0.2) is 47.5 Å². The van der Waals surface area contributed by atoms with E-state index < -0.39 is 0 Å². The summed E-state index contributed by atoms with van der Waals surface area (Å²) in [5.41, 5.74) is 3.30. The second-order valence-electron chi connectivity index (χ2n) is 8.47. The normalized spacial score (nSPS) is 11.3. The maximum atomic E-state index is 13.8. The second kappa shape index (κ2) is 10.6. The third-order valence-electron chi connectivity index (χ3n) is 5.73. The Kier molecular flexibility index (Phi) is 7.40. The molecule has 0 fully saturated rings. The van der Waals surface area contributed by atoms with Gasteiger partial charge in [0.25, 0.3) is 5.91 Å². The van der Waals surface area contributed by atoms with Crippen molar-refractivity contribution in [3.63, 3.8) is 0 Å². The third kappa shape index (κ3) is 5.47. The Balaban J connectivity index is 1.57. The van der Waals surface area contributed by atoms with Gasteiger partial charge in [0, 0.05) is 31.6 Å². The van der Waals surface area contributed by atoms with E-state index in [1.54, 1.807) is 11.3 Å². The zero-order valence-corrected chi connectivity index (χ0v) is 19.7. The molecular formula is C27H31N3OS. The summed E-state index contributed by atoms with van der Waals surface area (Å²) in [6, 6.07) is 25.0. The summed E-state index contributed by atoms with van der Waals surface area (Å²) in [6.07, 6.45) is 2.01. The van der Waals surface area contributed by atoms with Crippen molar-refractivity contribution < 1.29 is 4.79 Å². The summed E-state index contributed by atoms with van der Waals surface area (Å²) in [6.45, 7) is 2.99. The Labute approximate surface area is 194 Å². The van der Waals surface area contributed by atoms with Crippen LogP contribution < -0.4 is 0 Å². The van der Waals surface area contributed by atoms with Crippen molar-refractivity contribution in [2.45, 2.75) is 25.9 Å². The topological polar surface area (TPSA) is 28.5 Å². The van der Waals surface area contributed by atoms with Gasteiger partial charge in [0.2, 0.25) is 0 Å². The molecule has 2 aromatic heterocycles. The van der Waals surface area contributed by atoms with Crippen molar-refractivity contribution in [1.82, 2.24) is 14.4 Å². The highest BCUT2D eigenvalue weighted by atomic mass is 32.1. The first-order valence-corrected chi connectivity index (χ1v) is 12.1. The SMILES string of the molecule is CN(C)CCN(Cc1ccccc1)C(=O)c1cc2ccsc2n1CCCc1ccccc1. The van der Waals surface area contributed by atoms with E-state index >= 15 is 0 Å². The minimum absolute atomic E-state index is 0.110. The lowest BCUT2D eigenvalue weighted by atomic mass is 10.1. The Morgan fingerprint density at radius 1 is 0.906 bits per heavy atom. The summed E-state index contributed by atoms with van der Waals surface area (Å²) < 4.78 is 2.24. The number of aromatic nitrogens is 1. The summed E-state index contributed by atoms with van der Waals surface area (Å²) in [5, 5.41) is 3.27. The van der Waals surface area contributed by atoms with Crippen LogP contribution in [-0.2, 0) is 19.5 Å². The third-order valence-corrected chi connectivity index (χ3v) is 6.68. The van der Waals surface area contributed by atoms with Gasteiger partial charge < -0.3 is 14.4 Å². The number of rotatable bonds is 10. The van der Waals surface area contributed by atoms with Crippen LogP contribution in [0.5, 0.6) is 0 Å². The van der Waals surface area contributed by atoms with Crippen molar-refractivity contribution in [2.75, 3.05) is 27.2 Å². The zero-order chi connectivity index (χ0) is 22.3. The molecule has 1 amide bonds. The van der Waals surface area contributed by atoms with Crippen LogP contribution in [0.3, 0.4) is 0 Å². The lowest BCUT2D eigenvalue weighted by molar-refractivity contribution is 0.0721. The van der Waals surface area contributed by atoms with Gasteiger partial charge in [0.15, 0.2) is 0 Å². The number of likely N-dealkylation sites (N-methyl/N-ethyl adjacent to an activating group) is 1. The molecule has 0 N–H and O–H groups in total. The van der Waals surface area contributed by atoms with Gasteiger partial charge in [-0.1, -0.05) is 60.7 Å². The van der Waals surface area contributed by atoms with Crippen LogP contribution in [0.4, 0.5) is 0 Å². The molecule has 166 valence electrons. The fourth-order valence-electron chi connectivity index (χ4n) is 4.00. The van der Waals surface area contributed by atoms with Crippen LogP contribution >= 0.6 is 11.3 Å². The van der Waals surface area contributed by atoms with Gasteiger partial charge in [-0.25, -0.2) is 0 Å². The number of hydrogen-bond donors (Lipinski definition) is 0. The van der Waals surface area contributed by atoms with Gasteiger partial charge >= 0.3 is 0 Å². The van der Waals surface area contributed by atoms with Crippen molar-refractivity contribution in [2.24, 2.45) is 0 Å². The fourth-order valence-corrected chi connectivity index (χ4v) is 4.92. The molecule has 2 aromatic carbocycles. The average molecular weight is 446 g/mol.